The zero-order valence-electron chi connectivity index (χ0n) is 23.8. The van der Waals surface area contributed by atoms with Crippen molar-refractivity contribution in [2.75, 3.05) is 59.0 Å². The number of hydrogen-bond acceptors (Lipinski definition) is 8. The van der Waals surface area contributed by atoms with Crippen molar-refractivity contribution in [1.82, 2.24) is 20.0 Å². The fraction of sp³-hybridized carbons (Fsp3) is 0.400. The van der Waals surface area contributed by atoms with Gasteiger partial charge in [0.2, 0.25) is 5.91 Å². The Morgan fingerprint density at radius 2 is 1.60 bits per heavy atom. The van der Waals surface area contributed by atoms with Crippen LogP contribution in [0.5, 0.6) is 17.2 Å². The van der Waals surface area contributed by atoms with E-state index in [1.165, 1.54) is 0 Å². The van der Waals surface area contributed by atoms with Crippen LogP contribution < -0.4 is 19.1 Å². The van der Waals surface area contributed by atoms with Crippen LogP contribution in [0.4, 0.5) is 5.82 Å². The van der Waals surface area contributed by atoms with Crippen LogP contribution in [0.3, 0.4) is 0 Å². The van der Waals surface area contributed by atoms with Crippen molar-refractivity contribution in [2.24, 2.45) is 0 Å². The predicted octanol–water partition coefficient (Wildman–Crippen LogP) is 3.76. The van der Waals surface area contributed by atoms with E-state index < -0.39 is 0 Å². The molecule has 40 heavy (non-hydrogen) atoms. The van der Waals surface area contributed by atoms with Crippen LogP contribution in [0, 0.1) is 0 Å². The average Bonchev–Trinajstić information content (AvgIpc) is 3.25. The Morgan fingerprint density at radius 3 is 2.23 bits per heavy atom. The molecule has 0 saturated carbocycles. The lowest BCUT2D eigenvalue weighted by Crippen LogP contribution is -2.46. The van der Waals surface area contributed by atoms with Gasteiger partial charge in [0.05, 0.1) is 27.0 Å². The minimum Gasteiger partial charge on any atom is -0.497 e. The number of aromatic nitrogens is 2. The van der Waals surface area contributed by atoms with Crippen LogP contribution >= 0.6 is 0 Å². The number of rotatable bonds is 9. The summed E-state index contributed by atoms with van der Waals surface area (Å²) in [5.41, 5.74) is 2.13. The molecule has 212 valence electrons. The van der Waals surface area contributed by atoms with E-state index in [1.54, 1.807) is 50.5 Å². The maximum Gasteiger partial charge on any atom is 0.254 e. The fourth-order valence-corrected chi connectivity index (χ4v) is 4.67. The molecule has 10 heteroatoms. The van der Waals surface area contributed by atoms with Gasteiger partial charge in [-0.1, -0.05) is 0 Å². The highest BCUT2D eigenvalue weighted by Crippen LogP contribution is 2.31. The highest BCUT2D eigenvalue weighted by Gasteiger charge is 2.26. The smallest absolute Gasteiger partial charge is 0.254 e. The molecule has 0 radical (unpaired) electrons. The molecular weight excluding hydrogens is 510 g/mol. The zero-order valence-corrected chi connectivity index (χ0v) is 23.8. The first-order valence-electron chi connectivity index (χ1n) is 13.4. The molecule has 1 aliphatic rings. The predicted molar refractivity (Wildman–Crippen MR) is 153 cm³/mol. The second-order valence-corrected chi connectivity index (χ2v) is 9.82. The second kappa shape index (κ2) is 13.1. The quantitative estimate of drug-likeness (QED) is 0.400. The van der Waals surface area contributed by atoms with E-state index in [-0.39, 0.29) is 24.4 Å². The Morgan fingerprint density at radius 1 is 0.850 bits per heavy atom. The first-order valence-corrected chi connectivity index (χ1v) is 13.4. The minimum absolute atomic E-state index is 0.0301. The number of anilines is 1. The van der Waals surface area contributed by atoms with E-state index in [9.17, 15) is 9.59 Å². The number of carbonyl (C=O) groups is 2. The Labute approximate surface area is 235 Å². The highest BCUT2D eigenvalue weighted by atomic mass is 16.5. The summed E-state index contributed by atoms with van der Waals surface area (Å²) in [5, 5.41) is 8.90. The maximum absolute atomic E-state index is 13.3. The Bertz CT molecular complexity index is 1300. The standard InChI is InChI=1S/C30H37N5O5/c1-21(2)35(30(37)22-7-10-24(38-3)11-8-22)20-29(36)34-16-6-15-33(17-18-34)28-14-12-25(31-32-28)23-9-13-26(39-4)27(19-23)40-5/h7-14,19,21H,6,15-18,20H2,1-5H3. The Kier molecular flexibility index (Phi) is 9.42. The van der Waals surface area contributed by atoms with Crippen LogP contribution in [-0.4, -0.2) is 91.9 Å². The molecule has 0 aliphatic carbocycles. The zero-order chi connectivity index (χ0) is 28.6. The van der Waals surface area contributed by atoms with E-state index in [0.29, 0.717) is 42.4 Å². The normalized spacial score (nSPS) is 13.6. The third-order valence-electron chi connectivity index (χ3n) is 7.03. The van der Waals surface area contributed by atoms with E-state index >= 15 is 0 Å². The van der Waals surface area contributed by atoms with Gasteiger partial charge >= 0.3 is 0 Å². The molecule has 10 nitrogen and oxygen atoms in total. The van der Waals surface area contributed by atoms with Crippen molar-refractivity contribution in [1.29, 1.82) is 0 Å². The van der Waals surface area contributed by atoms with Crippen molar-refractivity contribution in [3.63, 3.8) is 0 Å². The summed E-state index contributed by atoms with van der Waals surface area (Å²) in [5.74, 6) is 2.49. The fourth-order valence-electron chi connectivity index (χ4n) is 4.67. The molecule has 3 aromatic rings. The third kappa shape index (κ3) is 6.62. The third-order valence-corrected chi connectivity index (χ3v) is 7.03. The molecule has 4 rings (SSSR count). The summed E-state index contributed by atoms with van der Waals surface area (Å²) in [4.78, 5) is 32.1. The molecule has 1 saturated heterocycles. The van der Waals surface area contributed by atoms with E-state index in [4.69, 9.17) is 14.2 Å². The molecule has 2 heterocycles. The average molecular weight is 548 g/mol. The van der Waals surface area contributed by atoms with Crippen LogP contribution in [0.15, 0.2) is 54.6 Å². The number of nitrogens with zero attached hydrogens (tertiary/aromatic N) is 5. The summed E-state index contributed by atoms with van der Waals surface area (Å²) in [6.45, 7) is 6.42. The lowest BCUT2D eigenvalue weighted by atomic mass is 10.1. The largest absolute Gasteiger partial charge is 0.497 e. The molecule has 2 amide bonds. The topological polar surface area (TPSA) is 97.3 Å². The van der Waals surface area contributed by atoms with Gasteiger partial charge in [-0.15, -0.1) is 10.2 Å². The summed E-state index contributed by atoms with van der Waals surface area (Å²) >= 11 is 0. The van der Waals surface area contributed by atoms with Crippen LogP contribution in [0.1, 0.15) is 30.6 Å². The van der Waals surface area contributed by atoms with Gasteiger partial charge < -0.3 is 28.9 Å². The van der Waals surface area contributed by atoms with Gasteiger partial charge in [-0.05, 0) is 74.9 Å². The monoisotopic (exact) mass is 547 g/mol. The second-order valence-electron chi connectivity index (χ2n) is 9.82. The Balaban J connectivity index is 1.38. The maximum atomic E-state index is 13.3. The summed E-state index contributed by atoms with van der Waals surface area (Å²) in [6.07, 6.45) is 0.791. The summed E-state index contributed by atoms with van der Waals surface area (Å²) in [7, 11) is 4.79. The van der Waals surface area contributed by atoms with Crippen LogP contribution in [0.2, 0.25) is 0 Å². The Hall–Kier alpha value is -4.34. The van der Waals surface area contributed by atoms with E-state index in [1.807, 2.05) is 49.1 Å². The van der Waals surface area contributed by atoms with Gasteiger partial charge in [-0.3, -0.25) is 9.59 Å². The molecule has 0 bridgehead atoms. The first-order chi connectivity index (χ1) is 19.3. The molecular formula is C30H37N5O5. The summed E-state index contributed by atoms with van der Waals surface area (Å²) < 4.78 is 15.9. The van der Waals surface area contributed by atoms with Crippen LogP contribution in [-0.2, 0) is 4.79 Å². The number of benzene rings is 2. The molecule has 1 aromatic heterocycles. The van der Waals surface area contributed by atoms with Gasteiger partial charge in [0.1, 0.15) is 12.3 Å². The molecule has 1 fully saturated rings. The number of carbonyl (C=O) groups excluding carboxylic acids is 2. The number of amides is 2. The molecule has 1 aliphatic heterocycles. The number of hydrogen-bond donors (Lipinski definition) is 0. The van der Waals surface area contributed by atoms with Crippen molar-refractivity contribution < 1.29 is 23.8 Å². The number of methoxy groups -OCH3 is 3. The van der Waals surface area contributed by atoms with Crippen molar-refractivity contribution >= 4 is 17.6 Å². The first kappa shape index (κ1) is 28.7. The molecule has 0 atom stereocenters. The lowest BCUT2D eigenvalue weighted by molar-refractivity contribution is -0.132. The molecule has 0 N–H and O–H groups in total. The minimum atomic E-state index is -0.174. The van der Waals surface area contributed by atoms with Gasteiger partial charge in [0.25, 0.3) is 5.91 Å². The SMILES string of the molecule is COc1ccc(C(=O)N(CC(=O)N2CCCN(c3ccc(-c4ccc(OC)c(OC)c4)nn3)CC2)C(C)C)cc1. The van der Waals surface area contributed by atoms with Crippen molar-refractivity contribution in [2.45, 2.75) is 26.3 Å². The van der Waals surface area contributed by atoms with Gasteiger partial charge in [0, 0.05) is 43.3 Å². The van der Waals surface area contributed by atoms with Crippen molar-refractivity contribution in [3.8, 4) is 28.5 Å². The van der Waals surface area contributed by atoms with Gasteiger partial charge in [0.15, 0.2) is 17.3 Å². The van der Waals surface area contributed by atoms with E-state index in [2.05, 4.69) is 15.1 Å². The molecule has 0 unspecified atom stereocenters. The van der Waals surface area contributed by atoms with E-state index in [0.717, 1.165) is 30.0 Å². The van der Waals surface area contributed by atoms with Gasteiger partial charge in [-0.2, -0.15) is 0 Å². The highest BCUT2D eigenvalue weighted by molar-refractivity contribution is 5.96. The number of ether oxygens (including phenoxy) is 3. The van der Waals surface area contributed by atoms with Gasteiger partial charge in [-0.25, -0.2) is 0 Å². The van der Waals surface area contributed by atoms with Crippen molar-refractivity contribution in [3.05, 3.63) is 60.2 Å². The molecule has 2 aromatic carbocycles. The summed E-state index contributed by atoms with van der Waals surface area (Å²) in [6, 6.07) is 16.3. The van der Waals surface area contributed by atoms with Crippen LogP contribution in [0.25, 0.3) is 11.3 Å². The lowest BCUT2D eigenvalue weighted by Gasteiger charge is -2.29. The molecule has 0 spiro atoms.